The first-order valence-corrected chi connectivity index (χ1v) is 5.34. The third kappa shape index (κ3) is 2.18. The first-order valence-electron chi connectivity index (χ1n) is 4.26. The van der Waals surface area contributed by atoms with Gasteiger partial charge < -0.3 is 0 Å². The van der Waals surface area contributed by atoms with Crippen LogP contribution in [-0.4, -0.2) is 4.98 Å². The lowest BCUT2D eigenvalue weighted by Gasteiger charge is -2.03. The zero-order valence-corrected chi connectivity index (χ0v) is 9.93. The molecule has 2 aromatic rings. The lowest BCUT2D eigenvalue weighted by molar-refractivity contribution is 0.573. The first kappa shape index (κ1) is 11.4. The van der Waals surface area contributed by atoms with Gasteiger partial charge in [-0.15, -0.1) is 0 Å². The molecule has 5 heteroatoms. The monoisotopic (exact) mass is 334 g/mol. The second-order valence-electron chi connectivity index (χ2n) is 3.02. The molecule has 2 rings (SSSR count). The summed E-state index contributed by atoms with van der Waals surface area (Å²) >= 11 is 1.89. The molecule has 0 aliphatic heterocycles. The van der Waals surface area contributed by atoms with Gasteiger partial charge in [-0.05, 0) is 34.7 Å². The fraction of sp³-hybridized carbons (Fsp3) is 0. The second kappa shape index (κ2) is 4.40. The first-order chi connectivity index (χ1) is 7.58. The van der Waals surface area contributed by atoms with Crippen molar-refractivity contribution >= 4 is 22.6 Å². The predicted octanol–water partition coefficient (Wildman–Crippen LogP) is 3.57. The zero-order chi connectivity index (χ0) is 11.7. The number of aromatic nitrogens is 1. The van der Waals surface area contributed by atoms with Crippen molar-refractivity contribution in [2.24, 2.45) is 0 Å². The van der Waals surface area contributed by atoms with E-state index in [1.807, 2.05) is 22.6 Å². The van der Waals surface area contributed by atoms with E-state index in [9.17, 15) is 13.2 Å². The molecule has 0 saturated carbocycles. The molecule has 1 heterocycles. The van der Waals surface area contributed by atoms with Gasteiger partial charge in [-0.3, -0.25) is 4.98 Å². The van der Waals surface area contributed by atoms with Crippen LogP contribution in [0.5, 0.6) is 0 Å². The topological polar surface area (TPSA) is 12.9 Å². The maximum atomic E-state index is 13.5. The Hall–Kier alpha value is -1.11. The summed E-state index contributed by atoms with van der Waals surface area (Å²) in [4.78, 5) is 3.53. The number of halogens is 4. The van der Waals surface area contributed by atoms with E-state index in [1.165, 1.54) is 6.07 Å². The van der Waals surface area contributed by atoms with Gasteiger partial charge in [0.1, 0.15) is 17.3 Å². The molecule has 16 heavy (non-hydrogen) atoms. The summed E-state index contributed by atoms with van der Waals surface area (Å²) in [6.07, 6.45) is 0.843. The van der Waals surface area contributed by atoms with E-state index < -0.39 is 17.5 Å². The summed E-state index contributed by atoms with van der Waals surface area (Å²) in [5.41, 5.74) is -0.246. The number of rotatable bonds is 1. The molecular weight excluding hydrogens is 330 g/mol. The van der Waals surface area contributed by atoms with Crippen LogP contribution in [0.2, 0.25) is 0 Å². The average molecular weight is 334 g/mol. The Kier molecular flexibility index (Phi) is 3.13. The molecule has 1 nitrogen and oxygen atoms in total. The van der Waals surface area contributed by atoms with Gasteiger partial charge in [0.25, 0.3) is 0 Å². The molecule has 0 aliphatic carbocycles. The molecule has 1 aromatic carbocycles. The molecule has 0 saturated heterocycles. The van der Waals surface area contributed by atoms with E-state index in [0.29, 0.717) is 9.64 Å². The van der Waals surface area contributed by atoms with Crippen LogP contribution in [0.15, 0.2) is 24.4 Å². The Labute approximate surface area is 103 Å². The van der Waals surface area contributed by atoms with Gasteiger partial charge in [-0.2, -0.15) is 0 Å². The molecular formula is C11H4F3IN. The van der Waals surface area contributed by atoms with Crippen molar-refractivity contribution in [3.63, 3.8) is 0 Å². The van der Waals surface area contributed by atoms with Gasteiger partial charge in [-0.25, -0.2) is 13.2 Å². The maximum Gasteiger partial charge on any atom is 0.152 e. The van der Waals surface area contributed by atoms with E-state index >= 15 is 0 Å². The summed E-state index contributed by atoms with van der Waals surface area (Å²) in [6, 6.07) is 6.02. The Balaban J connectivity index is 2.59. The van der Waals surface area contributed by atoms with Crippen molar-refractivity contribution in [3.05, 3.63) is 51.5 Å². The Morgan fingerprint density at radius 3 is 2.56 bits per heavy atom. The zero-order valence-electron chi connectivity index (χ0n) is 7.77. The highest BCUT2D eigenvalue weighted by Crippen LogP contribution is 2.24. The lowest BCUT2D eigenvalue weighted by atomic mass is 10.1. The van der Waals surface area contributed by atoms with Crippen molar-refractivity contribution < 1.29 is 13.2 Å². The number of hydrogen-bond donors (Lipinski definition) is 0. The Morgan fingerprint density at radius 1 is 1.19 bits per heavy atom. The van der Waals surface area contributed by atoms with E-state index in [2.05, 4.69) is 11.1 Å². The minimum absolute atomic E-state index is 0.0297. The van der Waals surface area contributed by atoms with Crippen LogP contribution in [0, 0.1) is 27.1 Å². The van der Waals surface area contributed by atoms with Crippen LogP contribution >= 0.6 is 22.6 Å². The smallest absolute Gasteiger partial charge is 0.152 e. The van der Waals surface area contributed by atoms with Crippen molar-refractivity contribution in [2.75, 3.05) is 0 Å². The van der Waals surface area contributed by atoms with Crippen LogP contribution < -0.4 is 0 Å². The highest BCUT2D eigenvalue weighted by atomic mass is 127. The fourth-order valence-corrected chi connectivity index (χ4v) is 1.66. The molecule has 0 N–H and O–H groups in total. The molecule has 0 unspecified atom stereocenters. The third-order valence-electron chi connectivity index (χ3n) is 1.92. The van der Waals surface area contributed by atoms with E-state index in [0.717, 1.165) is 6.20 Å². The van der Waals surface area contributed by atoms with E-state index in [-0.39, 0.29) is 11.3 Å². The van der Waals surface area contributed by atoms with Gasteiger partial charge in [-0.1, -0.05) is 0 Å². The largest absolute Gasteiger partial charge is 0.250 e. The van der Waals surface area contributed by atoms with Crippen molar-refractivity contribution in [1.29, 1.82) is 0 Å². The van der Waals surface area contributed by atoms with Gasteiger partial charge in [0, 0.05) is 21.3 Å². The van der Waals surface area contributed by atoms with Crippen LogP contribution in [0.4, 0.5) is 13.2 Å². The van der Waals surface area contributed by atoms with Gasteiger partial charge in [0.15, 0.2) is 5.82 Å². The van der Waals surface area contributed by atoms with E-state index in [1.54, 1.807) is 6.07 Å². The summed E-state index contributed by atoms with van der Waals surface area (Å²) in [6.45, 7) is 0. The number of nitrogens with zero attached hydrogens (tertiary/aromatic N) is 1. The molecule has 0 atom stereocenters. The third-order valence-corrected chi connectivity index (χ3v) is 2.55. The van der Waals surface area contributed by atoms with Crippen molar-refractivity contribution in [3.8, 4) is 11.3 Å². The highest BCUT2D eigenvalue weighted by molar-refractivity contribution is 14.1. The van der Waals surface area contributed by atoms with Crippen molar-refractivity contribution in [1.82, 2.24) is 4.98 Å². The predicted molar refractivity (Wildman–Crippen MR) is 61.1 cm³/mol. The fourth-order valence-electron chi connectivity index (χ4n) is 1.24. The van der Waals surface area contributed by atoms with Crippen LogP contribution in [0.3, 0.4) is 0 Å². The van der Waals surface area contributed by atoms with Crippen LogP contribution in [-0.2, 0) is 0 Å². The number of hydrogen-bond acceptors (Lipinski definition) is 1. The molecule has 81 valence electrons. The number of benzene rings is 1. The van der Waals surface area contributed by atoms with Crippen molar-refractivity contribution in [2.45, 2.75) is 0 Å². The minimum Gasteiger partial charge on any atom is -0.250 e. The summed E-state index contributed by atoms with van der Waals surface area (Å²) < 4.78 is 40.0. The minimum atomic E-state index is -0.895. The Bertz CT molecular complexity index is 493. The molecule has 1 aromatic heterocycles. The van der Waals surface area contributed by atoms with Gasteiger partial charge in [0.2, 0.25) is 0 Å². The normalized spacial score (nSPS) is 10.5. The SMILES string of the molecule is Fc1cnc(-c2ccc(I)[c]c2F)c(F)c1. The summed E-state index contributed by atoms with van der Waals surface area (Å²) in [7, 11) is 0. The molecule has 0 bridgehead atoms. The van der Waals surface area contributed by atoms with Crippen LogP contribution in [0.1, 0.15) is 0 Å². The summed E-state index contributed by atoms with van der Waals surface area (Å²) in [5, 5.41) is 0. The standard InChI is InChI=1S/C11H4F3IN/c12-6-3-10(14)11(16-5-6)8-2-1-7(15)4-9(8)13/h1-3,5H. The molecule has 0 amide bonds. The lowest BCUT2D eigenvalue weighted by Crippen LogP contribution is -1.94. The molecule has 0 aliphatic rings. The molecule has 0 spiro atoms. The average Bonchev–Trinajstić information content (AvgIpc) is 2.19. The molecule has 1 radical (unpaired) electrons. The Morgan fingerprint density at radius 2 is 1.94 bits per heavy atom. The highest BCUT2D eigenvalue weighted by Gasteiger charge is 2.12. The van der Waals surface area contributed by atoms with E-state index in [4.69, 9.17) is 0 Å². The van der Waals surface area contributed by atoms with Gasteiger partial charge in [0.05, 0.1) is 6.20 Å². The second-order valence-corrected chi connectivity index (χ2v) is 4.18. The molecule has 0 fully saturated rings. The van der Waals surface area contributed by atoms with Gasteiger partial charge >= 0.3 is 0 Å². The maximum absolute atomic E-state index is 13.5. The number of pyridine rings is 1. The van der Waals surface area contributed by atoms with Crippen LogP contribution in [0.25, 0.3) is 11.3 Å². The quantitative estimate of drug-likeness (QED) is 0.727. The summed E-state index contributed by atoms with van der Waals surface area (Å²) in [5.74, 6) is -2.39.